The van der Waals surface area contributed by atoms with Crippen molar-refractivity contribution in [3.63, 3.8) is 0 Å². The highest BCUT2D eigenvalue weighted by Crippen LogP contribution is 2.30. The molecule has 2 aromatic heterocycles. The molecular weight excluding hydrogens is 272 g/mol. The highest BCUT2D eigenvalue weighted by Gasteiger charge is 2.10. The van der Waals surface area contributed by atoms with Gasteiger partial charge in [0.15, 0.2) is 5.58 Å². The van der Waals surface area contributed by atoms with Crippen molar-refractivity contribution in [2.45, 2.75) is 30.0 Å². The van der Waals surface area contributed by atoms with Gasteiger partial charge >= 0.3 is 0 Å². The Morgan fingerprint density at radius 2 is 2.05 bits per heavy atom. The molecule has 2 heterocycles. The lowest BCUT2D eigenvalue weighted by Gasteiger charge is -2.04. The summed E-state index contributed by atoms with van der Waals surface area (Å²) >= 11 is 1.38. The number of nitrogen functional groups attached to an aromatic ring is 1. The number of rotatable bonds is 3. The van der Waals surface area contributed by atoms with Gasteiger partial charge in [0, 0.05) is 11.4 Å². The summed E-state index contributed by atoms with van der Waals surface area (Å²) in [5, 5.41) is 1.38. The number of aromatic nitrogens is 3. The van der Waals surface area contributed by atoms with E-state index in [1.54, 1.807) is 18.5 Å². The standard InChI is InChI=1S/C14H14N4OS/c1-8(2)10-6-13(17-7-16-10)20-14-18-11-5-9(15)3-4-12(11)19-14/h3-8H,15H2,1-2H3. The highest BCUT2D eigenvalue weighted by atomic mass is 32.2. The van der Waals surface area contributed by atoms with Crippen LogP contribution in [0.4, 0.5) is 5.69 Å². The first kappa shape index (κ1) is 12.9. The molecule has 0 spiro atoms. The zero-order chi connectivity index (χ0) is 14.1. The van der Waals surface area contributed by atoms with Crippen molar-refractivity contribution in [3.05, 3.63) is 36.3 Å². The largest absolute Gasteiger partial charge is 0.431 e. The van der Waals surface area contributed by atoms with Gasteiger partial charge in [-0.25, -0.2) is 15.0 Å². The van der Waals surface area contributed by atoms with E-state index in [4.69, 9.17) is 10.2 Å². The smallest absolute Gasteiger partial charge is 0.263 e. The predicted molar refractivity (Wildman–Crippen MR) is 78.7 cm³/mol. The van der Waals surface area contributed by atoms with Gasteiger partial charge in [0.1, 0.15) is 16.9 Å². The zero-order valence-electron chi connectivity index (χ0n) is 11.2. The lowest BCUT2D eigenvalue weighted by Crippen LogP contribution is -1.94. The first-order valence-electron chi connectivity index (χ1n) is 6.27. The molecule has 20 heavy (non-hydrogen) atoms. The zero-order valence-corrected chi connectivity index (χ0v) is 12.0. The first-order chi connectivity index (χ1) is 9.61. The maximum Gasteiger partial charge on any atom is 0.263 e. The van der Waals surface area contributed by atoms with Gasteiger partial charge in [0.05, 0.1) is 0 Å². The third-order valence-corrected chi connectivity index (χ3v) is 3.62. The fraction of sp³-hybridized carbons (Fsp3) is 0.214. The Bertz CT molecular complexity index is 754. The minimum atomic E-state index is 0.362. The number of benzene rings is 1. The van der Waals surface area contributed by atoms with Crippen LogP contribution in [-0.4, -0.2) is 15.0 Å². The second kappa shape index (κ2) is 5.13. The van der Waals surface area contributed by atoms with Crippen molar-refractivity contribution in [1.29, 1.82) is 0 Å². The van der Waals surface area contributed by atoms with Crippen LogP contribution >= 0.6 is 11.8 Å². The molecule has 0 saturated heterocycles. The van der Waals surface area contributed by atoms with Gasteiger partial charge in [0.2, 0.25) is 0 Å². The number of oxazole rings is 1. The lowest BCUT2D eigenvalue weighted by molar-refractivity contribution is 0.489. The third kappa shape index (κ3) is 2.60. The van der Waals surface area contributed by atoms with Crippen LogP contribution in [0.15, 0.2) is 45.3 Å². The van der Waals surface area contributed by atoms with Crippen LogP contribution in [0.2, 0.25) is 0 Å². The number of hydrogen-bond donors (Lipinski definition) is 1. The maximum absolute atomic E-state index is 5.73. The van der Waals surface area contributed by atoms with Crippen molar-refractivity contribution < 1.29 is 4.42 Å². The van der Waals surface area contributed by atoms with E-state index in [1.807, 2.05) is 12.1 Å². The summed E-state index contributed by atoms with van der Waals surface area (Å²) in [6, 6.07) is 7.37. The van der Waals surface area contributed by atoms with Gasteiger partial charge in [0.25, 0.3) is 5.22 Å². The van der Waals surface area contributed by atoms with Crippen molar-refractivity contribution >= 4 is 28.5 Å². The van der Waals surface area contributed by atoms with E-state index in [0.717, 1.165) is 21.8 Å². The molecule has 0 fully saturated rings. The topological polar surface area (TPSA) is 77.8 Å². The molecule has 0 aliphatic rings. The van der Waals surface area contributed by atoms with E-state index in [0.29, 0.717) is 16.8 Å². The van der Waals surface area contributed by atoms with Gasteiger partial charge in [-0.15, -0.1) is 0 Å². The van der Waals surface area contributed by atoms with E-state index >= 15 is 0 Å². The van der Waals surface area contributed by atoms with E-state index in [1.165, 1.54) is 11.8 Å². The van der Waals surface area contributed by atoms with Crippen LogP contribution in [0.5, 0.6) is 0 Å². The Morgan fingerprint density at radius 1 is 1.20 bits per heavy atom. The van der Waals surface area contributed by atoms with E-state index in [-0.39, 0.29) is 0 Å². The summed E-state index contributed by atoms with van der Waals surface area (Å²) in [7, 11) is 0. The molecule has 0 unspecified atom stereocenters. The molecule has 1 aromatic carbocycles. The molecule has 2 N–H and O–H groups in total. The second-order valence-corrected chi connectivity index (χ2v) is 5.72. The summed E-state index contributed by atoms with van der Waals surface area (Å²) in [5.41, 5.74) is 8.88. The van der Waals surface area contributed by atoms with Crippen LogP contribution < -0.4 is 5.73 Å². The fourth-order valence-electron chi connectivity index (χ4n) is 1.78. The molecule has 102 valence electrons. The number of nitrogens with zero attached hydrogens (tertiary/aromatic N) is 3. The quantitative estimate of drug-likeness (QED) is 0.586. The second-order valence-electron chi connectivity index (χ2n) is 4.74. The molecular formula is C14H14N4OS. The molecule has 0 atom stereocenters. The average Bonchev–Trinajstić information content (AvgIpc) is 2.80. The number of anilines is 1. The lowest BCUT2D eigenvalue weighted by atomic mass is 10.1. The molecule has 0 aliphatic heterocycles. The molecule has 3 rings (SSSR count). The van der Waals surface area contributed by atoms with Crippen molar-refractivity contribution in [2.75, 3.05) is 5.73 Å². The van der Waals surface area contributed by atoms with E-state index < -0.39 is 0 Å². The summed E-state index contributed by atoms with van der Waals surface area (Å²) in [6.45, 7) is 4.19. The van der Waals surface area contributed by atoms with Crippen molar-refractivity contribution in [3.8, 4) is 0 Å². The minimum Gasteiger partial charge on any atom is -0.431 e. The summed E-state index contributed by atoms with van der Waals surface area (Å²) in [4.78, 5) is 12.9. The SMILES string of the molecule is CC(C)c1cc(Sc2nc3cc(N)ccc3o2)ncn1. The molecule has 0 bridgehead atoms. The van der Waals surface area contributed by atoms with Gasteiger partial charge < -0.3 is 10.2 Å². The number of nitrogens with two attached hydrogens (primary N) is 1. The Kier molecular flexibility index (Phi) is 3.31. The fourth-order valence-corrected chi connectivity index (χ4v) is 2.52. The molecule has 6 heteroatoms. The average molecular weight is 286 g/mol. The third-order valence-electron chi connectivity index (χ3n) is 2.84. The van der Waals surface area contributed by atoms with Gasteiger partial charge in [-0.1, -0.05) is 13.8 Å². The molecule has 0 amide bonds. The normalized spacial score (nSPS) is 11.3. The molecule has 0 saturated carbocycles. The van der Waals surface area contributed by atoms with Crippen LogP contribution in [0.3, 0.4) is 0 Å². The van der Waals surface area contributed by atoms with Crippen LogP contribution in [0.1, 0.15) is 25.5 Å². The van der Waals surface area contributed by atoms with Crippen LogP contribution in [0, 0.1) is 0 Å². The van der Waals surface area contributed by atoms with Gasteiger partial charge in [-0.2, -0.15) is 0 Å². The molecule has 0 radical (unpaired) electrons. The first-order valence-corrected chi connectivity index (χ1v) is 7.09. The van der Waals surface area contributed by atoms with E-state index in [2.05, 4.69) is 28.8 Å². The number of fused-ring (bicyclic) bond motifs is 1. The summed E-state index contributed by atoms with van der Waals surface area (Å²) in [5.74, 6) is 0.362. The van der Waals surface area contributed by atoms with Gasteiger partial charge in [-0.3, -0.25) is 0 Å². The monoisotopic (exact) mass is 286 g/mol. The van der Waals surface area contributed by atoms with Gasteiger partial charge in [-0.05, 0) is 41.9 Å². The van der Waals surface area contributed by atoms with Crippen LogP contribution in [0.25, 0.3) is 11.1 Å². The molecule has 0 aliphatic carbocycles. The Morgan fingerprint density at radius 3 is 2.85 bits per heavy atom. The molecule has 5 nitrogen and oxygen atoms in total. The highest BCUT2D eigenvalue weighted by molar-refractivity contribution is 7.99. The number of hydrogen-bond acceptors (Lipinski definition) is 6. The van der Waals surface area contributed by atoms with Crippen molar-refractivity contribution in [2.24, 2.45) is 0 Å². The van der Waals surface area contributed by atoms with Crippen molar-refractivity contribution in [1.82, 2.24) is 15.0 Å². The summed E-state index contributed by atoms with van der Waals surface area (Å²) < 4.78 is 5.66. The van der Waals surface area contributed by atoms with Crippen LogP contribution in [-0.2, 0) is 0 Å². The summed E-state index contributed by atoms with van der Waals surface area (Å²) in [6.07, 6.45) is 1.57. The minimum absolute atomic E-state index is 0.362. The Hall–Kier alpha value is -2.08. The Labute approximate surface area is 120 Å². The Balaban J connectivity index is 1.90. The van der Waals surface area contributed by atoms with E-state index in [9.17, 15) is 0 Å². The predicted octanol–water partition coefficient (Wildman–Crippen LogP) is 3.47. The molecule has 3 aromatic rings. The maximum atomic E-state index is 5.73.